The monoisotopic (exact) mass is 280 g/mol. The van der Waals surface area contributed by atoms with E-state index in [4.69, 9.17) is 4.74 Å². The number of carbonyl (C=O) groups is 1. The molecule has 6 nitrogen and oxygen atoms in total. The Morgan fingerprint density at radius 1 is 1.50 bits per heavy atom. The van der Waals surface area contributed by atoms with E-state index in [1.54, 1.807) is 19.9 Å². The SMILES string of the molecule is CCC(NC(C)(C)C(=O)OC)c1cccc([N+](=O)[O-])c1. The number of hydrogen-bond donors (Lipinski definition) is 1. The molecule has 0 aliphatic heterocycles. The first-order valence-electron chi connectivity index (χ1n) is 6.42. The van der Waals surface area contributed by atoms with E-state index in [2.05, 4.69) is 5.32 Å². The fourth-order valence-corrected chi connectivity index (χ4v) is 2.03. The first-order chi connectivity index (χ1) is 9.31. The minimum Gasteiger partial charge on any atom is -0.468 e. The van der Waals surface area contributed by atoms with E-state index in [1.807, 2.05) is 13.0 Å². The zero-order chi connectivity index (χ0) is 15.3. The highest BCUT2D eigenvalue weighted by Gasteiger charge is 2.31. The molecule has 0 saturated carbocycles. The molecular weight excluding hydrogens is 260 g/mol. The van der Waals surface area contributed by atoms with Gasteiger partial charge in [0.15, 0.2) is 0 Å². The predicted octanol–water partition coefficient (Wildman–Crippen LogP) is 2.59. The zero-order valence-corrected chi connectivity index (χ0v) is 12.2. The molecule has 0 spiro atoms. The van der Waals surface area contributed by atoms with Crippen LogP contribution in [0.1, 0.15) is 38.8 Å². The number of methoxy groups -OCH3 is 1. The highest BCUT2D eigenvalue weighted by molar-refractivity contribution is 5.79. The number of benzene rings is 1. The molecule has 20 heavy (non-hydrogen) atoms. The van der Waals surface area contributed by atoms with Crippen molar-refractivity contribution in [1.82, 2.24) is 5.32 Å². The van der Waals surface area contributed by atoms with Gasteiger partial charge in [-0.1, -0.05) is 19.1 Å². The molecule has 1 unspecified atom stereocenters. The van der Waals surface area contributed by atoms with Gasteiger partial charge in [0, 0.05) is 18.2 Å². The molecule has 0 heterocycles. The normalized spacial score (nSPS) is 12.8. The number of nitrogens with zero attached hydrogens (tertiary/aromatic N) is 1. The highest BCUT2D eigenvalue weighted by Crippen LogP contribution is 2.24. The van der Waals surface area contributed by atoms with Crippen molar-refractivity contribution in [2.75, 3.05) is 7.11 Å². The van der Waals surface area contributed by atoms with Crippen LogP contribution in [0.25, 0.3) is 0 Å². The number of nitrogens with one attached hydrogen (secondary N) is 1. The van der Waals surface area contributed by atoms with Crippen molar-refractivity contribution in [3.63, 3.8) is 0 Å². The molecule has 0 bridgehead atoms. The fourth-order valence-electron chi connectivity index (χ4n) is 2.03. The van der Waals surface area contributed by atoms with Crippen LogP contribution in [0.5, 0.6) is 0 Å². The maximum Gasteiger partial charge on any atom is 0.325 e. The van der Waals surface area contributed by atoms with Crippen molar-refractivity contribution >= 4 is 11.7 Å². The van der Waals surface area contributed by atoms with E-state index in [-0.39, 0.29) is 17.7 Å². The zero-order valence-electron chi connectivity index (χ0n) is 12.2. The molecule has 0 aliphatic rings. The van der Waals surface area contributed by atoms with Gasteiger partial charge in [0.25, 0.3) is 5.69 Å². The third kappa shape index (κ3) is 3.77. The minimum atomic E-state index is -0.861. The number of hydrogen-bond acceptors (Lipinski definition) is 5. The van der Waals surface area contributed by atoms with Crippen LogP contribution in [0, 0.1) is 10.1 Å². The molecule has 1 rings (SSSR count). The quantitative estimate of drug-likeness (QED) is 0.492. The number of nitro benzene ring substituents is 1. The number of ether oxygens (including phenoxy) is 1. The van der Waals surface area contributed by atoms with Gasteiger partial charge in [-0.3, -0.25) is 20.2 Å². The van der Waals surface area contributed by atoms with Gasteiger partial charge >= 0.3 is 5.97 Å². The Kier molecular flexibility index (Phi) is 5.21. The van der Waals surface area contributed by atoms with Crippen LogP contribution in [-0.2, 0) is 9.53 Å². The lowest BCUT2D eigenvalue weighted by Gasteiger charge is -2.29. The van der Waals surface area contributed by atoms with E-state index < -0.39 is 10.5 Å². The van der Waals surface area contributed by atoms with Crippen LogP contribution >= 0.6 is 0 Å². The van der Waals surface area contributed by atoms with Crippen molar-refractivity contribution in [1.29, 1.82) is 0 Å². The van der Waals surface area contributed by atoms with Gasteiger partial charge in [-0.25, -0.2) is 0 Å². The van der Waals surface area contributed by atoms with Gasteiger partial charge in [0.2, 0.25) is 0 Å². The third-order valence-corrected chi connectivity index (χ3v) is 3.12. The van der Waals surface area contributed by atoms with Gasteiger partial charge in [-0.15, -0.1) is 0 Å². The summed E-state index contributed by atoms with van der Waals surface area (Å²) in [5, 5.41) is 14.0. The lowest BCUT2D eigenvalue weighted by Crippen LogP contribution is -2.48. The first-order valence-corrected chi connectivity index (χ1v) is 6.42. The van der Waals surface area contributed by atoms with E-state index in [0.29, 0.717) is 6.42 Å². The van der Waals surface area contributed by atoms with Crippen LogP contribution < -0.4 is 5.32 Å². The highest BCUT2D eigenvalue weighted by atomic mass is 16.6. The summed E-state index contributed by atoms with van der Waals surface area (Å²) in [6.45, 7) is 5.39. The van der Waals surface area contributed by atoms with Crippen molar-refractivity contribution in [3.8, 4) is 0 Å². The number of rotatable bonds is 6. The molecule has 0 radical (unpaired) electrons. The van der Waals surface area contributed by atoms with Crippen LogP contribution in [0.15, 0.2) is 24.3 Å². The number of carbonyl (C=O) groups excluding carboxylic acids is 1. The molecule has 6 heteroatoms. The molecule has 1 N–H and O–H groups in total. The average Bonchev–Trinajstić information content (AvgIpc) is 2.43. The van der Waals surface area contributed by atoms with Gasteiger partial charge in [-0.05, 0) is 25.8 Å². The summed E-state index contributed by atoms with van der Waals surface area (Å²) < 4.78 is 4.75. The molecule has 1 atom stereocenters. The standard InChI is InChI=1S/C14H20N2O4/c1-5-12(15-14(2,3)13(17)20-4)10-7-6-8-11(9-10)16(18)19/h6-9,12,15H,5H2,1-4H3. The lowest BCUT2D eigenvalue weighted by molar-refractivity contribution is -0.384. The van der Waals surface area contributed by atoms with E-state index >= 15 is 0 Å². The summed E-state index contributed by atoms with van der Waals surface area (Å²) in [5.74, 6) is -0.374. The summed E-state index contributed by atoms with van der Waals surface area (Å²) in [5.41, 5.74) is -0.0441. The lowest BCUT2D eigenvalue weighted by atomic mass is 9.98. The van der Waals surface area contributed by atoms with Gasteiger partial charge in [0.1, 0.15) is 5.54 Å². The van der Waals surface area contributed by atoms with Crippen molar-refractivity contribution < 1.29 is 14.5 Å². The van der Waals surface area contributed by atoms with Gasteiger partial charge in [0.05, 0.1) is 12.0 Å². The Balaban J connectivity index is 2.99. The molecule has 0 fully saturated rings. The largest absolute Gasteiger partial charge is 0.468 e. The molecule has 0 saturated heterocycles. The van der Waals surface area contributed by atoms with Crippen molar-refractivity contribution in [2.45, 2.75) is 38.8 Å². The predicted molar refractivity (Wildman–Crippen MR) is 75.4 cm³/mol. The molecule has 0 amide bonds. The minimum absolute atomic E-state index is 0.0404. The van der Waals surface area contributed by atoms with Crippen LogP contribution in [-0.4, -0.2) is 23.5 Å². The first kappa shape index (κ1) is 16.1. The Labute approximate surface area is 118 Å². The number of nitro groups is 1. The maximum atomic E-state index is 11.7. The van der Waals surface area contributed by atoms with Crippen molar-refractivity contribution in [3.05, 3.63) is 39.9 Å². The number of esters is 1. The Morgan fingerprint density at radius 2 is 2.15 bits per heavy atom. The maximum absolute atomic E-state index is 11.7. The second-order valence-corrected chi connectivity index (χ2v) is 5.07. The third-order valence-electron chi connectivity index (χ3n) is 3.12. The van der Waals surface area contributed by atoms with Crippen LogP contribution in [0.4, 0.5) is 5.69 Å². The molecule has 0 aliphatic carbocycles. The van der Waals surface area contributed by atoms with Gasteiger partial charge < -0.3 is 4.74 Å². The van der Waals surface area contributed by atoms with Crippen molar-refractivity contribution in [2.24, 2.45) is 0 Å². The topological polar surface area (TPSA) is 81.5 Å². The van der Waals surface area contributed by atoms with E-state index in [1.165, 1.54) is 19.2 Å². The average molecular weight is 280 g/mol. The second kappa shape index (κ2) is 6.47. The molecule has 0 aromatic heterocycles. The fraction of sp³-hybridized carbons (Fsp3) is 0.500. The molecular formula is C14H20N2O4. The Bertz CT molecular complexity index is 500. The Hall–Kier alpha value is -1.95. The Morgan fingerprint density at radius 3 is 2.65 bits per heavy atom. The van der Waals surface area contributed by atoms with Crippen LogP contribution in [0.2, 0.25) is 0 Å². The molecule has 1 aromatic rings. The molecule has 110 valence electrons. The van der Waals surface area contributed by atoms with E-state index in [0.717, 1.165) is 5.56 Å². The van der Waals surface area contributed by atoms with Gasteiger partial charge in [-0.2, -0.15) is 0 Å². The summed E-state index contributed by atoms with van der Waals surface area (Å²) >= 11 is 0. The summed E-state index contributed by atoms with van der Waals surface area (Å²) in [6, 6.07) is 6.25. The summed E-state index contributed by atoms with van der Waals surface area (Å²) in [4.78, 5) is 22.1. The van der Waals surface area contributed by atoms with E-state index in [9.17, 15) is 14.9 Å². The summed E-state index contributed by atoms with van der Waals surface area (Å²) in [6.07, 6.45) is 0.696. The number of non-ortho nitro benzene ring substituents is 1. The van der Waals surface area contributed by atoms with Crippen LogP contribution in [0.3, 0.4) is 0 Å². The second-order valence-electron chi connectivity index (χ2n) is 5.07. The summed E-state index contributed by atoms with van der Waals surface area (Å²) in [7, 11) is 1.33. The smallest absolute Gasteiger partial charge is 0.325 e. The molecule has 1 aromatic carbocycles.